The molecule has 0 aliphatic rings. The van der Waals surface area contributed by atoms with Gasteiger partial charge in [0.25, 0.3) is 0 Å². The number of pyridine rings is 1. The highest BCUT2D eigenvalue weighted by Gasteiger charge is 2.32. The largest absolute Gasteiger partial charge is 0.431 e. The van der Waals surface area contributed by atoms with E-state index in [4.69, 9.17) is 0 Å². The second kappa shape index (κ2) is 7.72. The van der Waals surface area contributed by atoms with Crippen molar-refractivity contribution in [3.8, 4) is 0 Å². The van der Waals surface area contributed by atoms with Crippen LogP contribution in [-0.2, 0) is 6.18 Å². The summed E-state index contributed by atoms with van der Waals surface area (Å²) in [5.41, 5.74) is -0.609. The number of aromatic nitrogens is 1. The molecule has 20 heavy (non-hydrogen) atoms. The van der Waals surface area contributed by atoms with E-state index in [9.17, 15) is 18.0 Å². The maximum absolute atomic E-state index is 12.4. The van der Waals surface area contributed by atoms with Crippen LogP contribution in [0.5, 0.6) is 0 Å². The van der Waals surface area contributed by atoms with Crippen molar-refractivity contribution in [2.45, 2.75) is 40.8 Å². The SMILES string of the molecule is CC.CC.Cc1ccc2[nH]c(C(F)(F)F)cc(=O)c2c1. The van der Waals surface area contributed by atoms with Crippen LogP contribution in [0, 0.1) is 6.92 Å². The number of benzene rings is 1. The molecule has 2 aromatic rings. The number of rotatable bonds is 0. The maximum atomic E-state index is 12.4. The van der Waals surface area contributed by atoms with Crippen LogP contribution in [0.1, 0.15) is 39.0 Å². The molecule has 0 aliphatic carbocycles. The average Bonchev–Trinajstić information content (AvgIpc) is 2.43. The van der Waals surface area contributed by atoms with E-state index in [1.807, 2.05) is 27.7 Å². The third kappa shape index (κ3) is 4.40. The highest BCUT2D eigenvalue weighted by molar-refractivity contribution is 5.79. The van der Waals surface area contributed by atoms with Crippen LogP contribution in [-0.4, -0.2) is 4.98 Å². The molecule has 0 saturated carbocycles. The van der Waals surface area contributed by atoms with Crippen molar-refractivity contribution in [3.63, 3.8) is 0 Å². The Labute approximate surface area is 116 Å². The van der Waals surface area contributed by atoms with E-state index in [-0.39, 0.29) is 10.9 Å². The Morgan fingerprint density at radius 1 is 1.00 bits per heavy atom. The molecule has 1 aromatic carbocycles. The molecular formula is C15H20F3NO. The van der Waals surface area contributed by atoms with Gasteiger partial charge in [-0.25, -0.2) is 0 Å². The first-order chi connectivity index (χ1) is 9.38. The molecule has 0 unspecified atom stereocenters. The van der Waals surface area contributed by atoms with Crippen LogP contribution in [0.4, 0.5) is 13.2 Å². The van der Waals surface area contributed by atoms with Gasteiger partial charge in [-0.05, 0) is 19.1 Å². The number of fused-ring (bicyclic) bond motifs is 1. The fourth-order valence-corrected chi connectivity index (χ4v) is 1.51. The molecule has 1 aromatic heterocycles. The van der Waals surface area contributed by atoms with Crippen molar-refractivity contribution in [1.29, 1.82) is 0 Å². The molecule has 1 heterocycles. The summed E-state index contributed by atoms with van der Waals surface area (Å²) < 4.78 is 37.2. The van der Waals surface area contributed by atoms with Crippen molar-refractivity contribution in [2.24, 2.45) is 0 Å². The van der Waals surface area contributed by atoms with Gasteiger partial charge in [0, 0.05) is 17.0 Å². The van der Waals surface area contributed by atoms with Gasteiger partial charge in [-0.15, -0.1) is 0 Å². The van der Waals surface area contributed by atoms with Gasteiger partial charge in [-0.3, -0.25) is 4.79 Å². The smallest absolute Gasteiger partial charge is 0.351 e. The number of nitrogens with one attached hydrogen (secondary N) is 1. The lowest BCUT2D eigenvalue weighted by Gasteiger charge is -2.07. The number of aromatic amines is 1. The van der Waals surface area contributed by atoms with Gasteiger partial charge >= 0.3 is 6.18 Å². The molecule has 1 N–H and O–H groups in total. The van der Waals surface area contributed by atoms with E-state index in [0.717, 1.165) is 5.56 Å². The third-order valence-electron chi connectivity index (χ3n) is 2.29. The lowest BCUT2D eigenvalue weighted by molar-refractivity contribution is -0.141. The molecule has 0 radical (unpaired) electrons. The molecule has 0 saturated heterocycles. The summed E-state index contributed by atoms with van der Waals surface area (Å²) in [6.45, 7) is 9.77. The molecule has 0 atom stereocenters. The Bertz CT molecular complexity index is 600. The van der Waals surface area contributed by atoms with Crippen molar-refractivity contribution in [2.75, 3.05) is 0 Å². The molecule has 112 valence electrons. The zero-order valence-corrected chi connectivity index (χ0v) is 12.4. The number of halogens is 3. The van der Waals surface area contributed by atoms with E-state index in [0.29, 0.717) is 6.07 Å². The number of H-pyrrole nitrogens is 1. The quantitative estimate of drug-likeness (QED) is 0.734. The standard InChI is InChI=1S/C11H8F3NO.2C2H6/c1-6-2-3-8-7(4-6)9(16)5-10(15-8)11(12,13)14;2*1-2/h2-5H,1H3,(H,15,16);2*1-2H3. The fraction of sp³-hybridized carbons (Fsp3) is 0.400. The van der Waals surface area contributed by atoms with E-state index >= 15 is 0 Å². The lowest BCUT2D eigenvalue weighted by Crippen LogP contribution is -2.13. The molecule has 0 aliphatic heterocycles. The number of alkyl halides is 3. The molecule has 2 rings (SSSR count). The van der Waals surface area contributed by atoms with E-state index in [1.54, 1.807) is 19.1 Å². The monoisotopic (exact) mass is 287 g/mol. The summed E-state index contributed by atoms with van der Waals surface area (Å²) in [4.78, 5) is 13.7. The topological polar surface area (TPSA) is 32.9 Å². The zero-order valence-electron chi connectivity index (χ0n) is 12.4. The molecular weight excluding hydrogens is 267 g/mol. The van der Waals surface area contributed by atoms with E-state index in [1.165, 1.54) is 6.07 Å². The molecule has 0 fully saturated rings. The van der Waals surface area contributed by atoms with Crippen molar-refractivity contribution < 1.29 is 13.2 Å². The van der Waals surface area contributed by atoms with Crippen LogP contribution >= 0.6 is 0 Å². The van der Waals surface area contributed by atoms with Gasteiger partial charge in [0.05, 0.1) is 0 Å². The fourth-order valence-electron chi connectivity index (χ4n) is 1.51. The Kier molecular flexibility index (Phi) is 7.04. The molecule has 0 amide bonds. The lowest BCUT2D eigenvalue weighted by atomic mass is 10.1. The normalized spacial score (nSPS) is 10.2. The molecule has 2 nitrogen and oxygen atoms in total. The van der Waals surface area contributed by atoms with Crippen LogP contribution in [0.15, 0.2) is 29.1 Å². The predicted molar refractivity (Wildman–Crippen MR) is 77.0 cm³/mol. The van der Waals surface area contributed by atoms with Crippen molar-refractivity contribution >= 4 is 10.9 Å². The highest BCUT2D eigenvalue weighted by atomic mass is 19.4. The van der Waals surface area contributed by atoms with Gasteiger partial charge in [0.2, 0.25) is 0 Å². The summed E-state index contributed by atoms with van der Waals surface area (Å²) in [7, 11) is 0. The van der Waals surface area contributed by atoms with E-state index in [2.05, 4.69) is 4.98 Å². The summed E-state index contributed by atoms with van der Waals surface area (Å²) >= 11 is 0. The zero-order chi connectivity index (χ0) is 15.9. The first kappa shape index (κ1) is 18.2. The minimum Gasteiger partial charge on any atom is -0.351 e. The number of aryl methyl sites for hydroxylation is 1. The van der Waals surface area contributed by atoms with Crippen LogP contribution in [0.25, 0.3) is 10.9 Å². The Morgan fingerprint density at radius 3 is 2.05 bits per heavy atom. The summed E-state index contributed by atoms with van der Waals surface area (Å²) in [5, 5.41) is 0.271. The molecule has 0 spiro atoms. The molecule has 5 heteroatoms. The second-order valence-electron chi connectivity index (χ2n) is 3.59. The first-order valence-electron chi connectivity index (χ1n) is 6.59. The average molecular weight is 287 g/mol. The Morgan fingerprint density at radius 2 is 1.55 bits per heavy atom. The van der Waals surface area contributed by atoms with Crippen LogP contribution in [0.3, 0.4) is 0 Å². The summed E-state index contributed by atoms with van der Waals surface area (Å²) in [5.74, 6) is 0. The van der Waals surface area contributed by atoms with Gasteiger partial charge in [-0.2, -0.15) is 13.2 Å². The molecule has 0 bridgehead atoms. The number of hydrogen-bond donors (Lipinski definition) is 1. The Hall–Kier alpha value is -1.78. The number of hydrogen-bond acceptors (Lipinski definition) is 1. The van der Waals surface area contributed by atoms with Crippen LogP contribution in [0.2, 0.25) is 0 Å². The first-order valence-corrected chi connectivity index (χ1v) is 6.59. The third-order valence-corrected chi connectivity index (χ3v) is 2.29. The highest BCUT2D eigenvalue weighted by Crippen LogP contribution is 2.27. The van der Waals surface area contributed by atoms with Gasteiger partial charge < -0.3 is 4.98 Å². The van der Waals surface area contributed by atoms with Crippen LogP contribution < -0.4 is 5.43 Å². The summed E-state index contributed by atoms with van der Waals surface area (Å²) in [6.07, 6.45) is -4.53. The van der Waals surface area contributed by atoms with Gasteiger partial charge in [-0.1, -0.05) is 39.3 Å². The van der Waals surface area contributed by atoms with Crippen molar-refractivity contribution in [3.05, 3.63) is 45.7 Å². The minimum atomic E-state index is -4.53. The van der Waals surface area contributed by atoms with Gasteiger partial charge in [0.1, 0.15) is 5.69 Å². The maximum Gasteiger partial charge on any atom is 0.431 e. The van der Waals surface area contributed by atoms with Crippen molar-refractivity contribution in [1.82, 2.24) is 4.98 Å². The predicted octanol–water partition coefficient (Wildman–Crippen LogP) is 4.91. The van der Waals surface area contributed by atoms with Gasteiger partial charge in [0.15, 0.2) is 5.43 Å². The Balaban J connectivity index is 0.000000829. The minimum absolute atomic E-state index is 0.199. The second-order valence-corrected chi connectivity index (χ2v) is 3.59. The summed E-state index contributed by atoms with van der Waals surface area (Å²) in [6, 6.07) is 5.27. The van der Waals surface area contributed by atoms with E-state index < -0.39 is 17.3 Å².